The summed E-state index contributed by atoms with van der Waals surface area (Å²) >= 11 is 0. The minimum absolute atomic E-state index is 0.750. The monoisotopic (exact) mass is 326 g/mol. The molecule has 1 aromatic carbocycles. The van der Waals surface area contributed by atoms with Gasteiger partial charge in [-0.25, -0.2) is 0 Å². The van der Waals surface area contributed by atoms with Crippen LogP contribution in [0.15, 0.2) is 30.3 Å². The second-order valence-electron chi connectivity index (χ2n) is 3.31. The van der Waals surface area contributed by atoms with Crippen LogP contribution in [0.4, 0.5) is 5.69 Å². The Morgan fingerprint density at radius 1 is 1.05 bits per heavy atom. The van der Waals surface area contributed by atoms with Gasteiger partial charge in [0.05, 0.1) is 0 Å². The highest BCUT2D eigenvalue weighted by molar-refractivity contribution is 8.31. The zero-order valence-corrected chi connectivity index (χ0v) is 13.2. The highest BCUT2D eigenvalue weighted by atomic mass is 36.0. The maximum Gasteiger partial charge on any atom is 0.213 e. The van der Waals surface area contributed by atoms with Gasteiger partial charge in [0.1, 0.15) is 0 Å². The van der Waals surface area contributed by atoms with Crippen LogP contribution in [0.1, 0.15) is 0 Å². The first-order chi connectivity index (χ1) is 8.84. The van der Waals surface area contributed by atoms with E-state index in [1.54, 1.807) is 21.1 Å². The molecule has 0 aliphatic heterocycles. The minimum Gasteiger partial charge on any atom is -0.582 e. The highest BCUT2D eigenvalue weighted by Gasteiger charge is 1.93. The number of rotatable bonds is 3. The van der Waals surface area contributed by atoms with Gasteiger partial charge >= 0.3 is 0 Å². The van der Waals surface area contributed by atoms with Gasteiger partial charge in [-0.1, -0.05) is 18.2 Å². The first kappa shape index (κ1) is 20.4. The number of para-hydroxylation sites is 1. The fraction of sp³-hybridized carbons (Fsp3) is 0.273. The SMILES string of the molecule is CN(C)C=O.CN(C=O)c1ccccc1.[O-][S+](Cl)Cl. The number of amides is 2. The van der Waals surface area contributed by atoms with Crippen molar-refractivity contribution in [2.45, 2.75) is 0 Å². The Bertz CT molecular complexity index is 337. The maximum absolute atomic E-state index is 10.2. The smallest absolute Gasteiger partial charge is 0.213 e. The van der Waals surface area contributed by atoms with E-state index >= 15 is 0 Å². The summed E-state index contributed by atoms with van der Waals surface area (Å²) in [6.07, 6.45) is 1.54. The average Bonchev–Trinajstić information content (AvgIpc) is 2.39. The molecule has 0 saturated heterocycles. The van der Waals surface area contributed by atoms with E-state index in [1.807, 2.05) is 30.3 Å². The molecule has 0 aromatic heterocycles. The van der Waals surface area contributed by atoms with E-state index in [-0.39, 0.29) is 0 Å². The lowest BCUT2D eigenvalue weighted by Crippen LogP contribution is -2.12. The van der Waals surface area contributed by atoms with Crippen molar-refractivity contribution in [1.29, 1.82) is 0 Å². The van der Waals surface area contributed by atoms with Crippen LogP contribution in [0.25, 0.3) is 0 Å². The summed E-state index contributed by atoms with van der Waals surface area (Å²) in [6.45, 7) is 0. The topological polar surface area (TPSA) is 63.7 Å². The molecule has 0 aliphatic carbocycles. The summed E-state index contributed by atoms with van der Waals surface area (Å²) in [6, 6.07) is 9.48. The van der Waals surface area contributed by atoms with E-state index in [4.69, 9.17) is 4.55 Å². The molecule has 2 amide bonds. The summed E-state index contributed by atoms with van der Waals surface area (Å²) in [5, 5.41) is 0. The third-order valence-electron chi connectivity index (χ3n) is 1.53. The number of benzene rings is 1. The van der Waals surface area contributed by atoms with Gasteiger partial charge in [0.2, 0.25) is 12.8 Å². The van der Waals surface area contributed by atoms with Gasteiger partial charge in [-0.15, -0.1) is 0 Å². The molecule has 8 heteroatoms. The Morgan fingerprint density at radius 3 is 1.68 bits per heavy atom. The Hall–Kier alpha value is -0.950. The predicted octanol–water partition coefficient (Wildman–Crippen LogP) is 2.03. The van der Waals surface area contributed by atoms with Crippen LogP contribution in [0, 0.1) is 0 Å². The fourth-order valence-corrected chi connectivity index (χ4v) is 0.724. The first-order valence-electron chi connectivity index (χ1n) is 4.94. The van der Waals surface area contributed by atoms with E-state index in [0.717, 1.165) is 18.5 Å². The van der Waals surface area contributed by atoms with E-state index in [1.165, 1.54) is 9.80 Å². The molecular weight excluding hydrogens is 311 g/mol. The van der Waals surface area contributed by atoms with Crippen molar-refractivity contribution >= 4 is 49.5 Å². The summed E-state index contributed by atoms with van der Waals surface area (Å²) in [4.78, 5) is 22.6. The van der Waals surface area contributed by atoms with Crippen molar-refractivity contribution in [1.82, 2.24) is 4.90 Å². The minimum atomic E-state index is -1.67. The Kier molecular flexibility index (Phi) is 14.5. The molecule has 1 aromatic rings. The van der Waals surface area contributed by atoms with Crippen LogP contribution in [0.3, 0.4) is 0 Å². The van der Waals surface area contributed by atoms with Gasteiger partial charge in [0, 0.05) is 26.8 Å². The molecule has 0 unspecified atom stereocenters. The van der Waals surface area contributed by atoms with Gasteiger partial charge in [-0.3, -0.25) is 9.59 Å². The summed E-state index contributed by atoms with van der Waals surface area (Å²) in [5.41, 5.74) is 0.914. The van der Waals surface area contributed by atoms with Gasteiger partial charge in [-0.2, -0.15) is 0 Å². The molecule has 0 radical (unpaired) electrons. The summed E-state index contributed by atoms with van der Waals surface area (Å²) in [5.74, 6) is 0. The third-order valence-corrected chi connectivity index (χ3v) is 1.53. The number of hydrogen-bond donors (Lipinski definition) is 0. The first-order valence-corrected chi connectivity index (χ1v) is 7.74. The number of hydrogen-bond acceptors (Lipinski definition) is 3. The number of carbonyl (C=O) groups is 2. The number of halogens is 2. The van der Waals surface area contributed by atoms with Crippen molar-refractivity contribution in [2.75, 3.05) is 26.0 Å². The lowest BCUT2D eigenvalue weighted by atomic mass is 10.3. The number of nitrogens with zero attached hydrogens (tertiary/aromatic N) is 2. The largest absolute Gasteiger partial charge is 0.582 e. The molecule has 0 spiro atoms. The van der Waals surface area contributed by atoms with Crippen molar-refractivity contribution < 1.29 is 14.1 Å². The standard InChI is InChI=1S/C8H9NO.C3H7NO.Cl2OS/c1-9(7-10)8-5-3-2-4-6-8;1-4(2)3-5;1-4(2)3/h2-7H,1H3;3H,1-2H3;. The number of anilines is 1. The van der Waals surface area contributed by atoms with E-state index in [0.29, 0.717) is 0 Å². The second-order valence-corrected chi connectivity index (χ2v) is 5.83. The van der Waals surface area contributed by atoms with Crippen LogP contribution in [0.2, 0.25) is 0 Å². The van der Waals surface area contributed by atoms with Crippen LogP contribution in [-0.2, 0) is 19.2 Å². The second kappa shape index (κ2) is 13.5. The number of carbonyl (C=O) groups excluding carboxylic acids is 2. The fourth-order valence-electron chi connectivity index (χ4n) is 0.724. The van der Waals surface area contributed by atoms with Crippen molar-refractivity contribution in [3.63, 3.8) is 0 Å². The molecular formula is C11H16Cl2N2O3S. The van der Waals surface area contributed by atoms with E-state index in [9.17, 15) is 9.59 Å². The van der Waals surface area contributed by atoms with Gasteiger partial charge in [0.15, 0.2) is 31.0 Å². The van der Waals surface area contributed by atoms with Gasteiger partial charge < -0.3 is 14.4 Å². The summed E-state index contributed by atoms with van der Waals surface area (Å²) < 4.78 is 9.09. The molecule has 0 heterocycles. The van der Waals surface area contributed by atoms with Crippen LogP contribution in [0.5, 0.6) is 0 Å². The Balaban J connectivity index is 0. The normalized spacial score (nSPS) is 8.37. The quantitative estimate of drug-likeness (QED) is 0.630. The Morgan fingerprint density at radius 2 is 1.42 bits per heavy atom. The zero-order valence-electron chi connectivity index (χ0n) is 10.8. The van der Waals surface area contributed by atoms with Gasteiger partial charge in [-0.05, 0) is 12.1 Å². The predicted molar refractivity (Wildman–Crippen MR) is 80.5 cm³/mol. The Labute approximate surface area is 125 Å². The van der Waals surface area contributed by atoms with Crippen molar-refractivity contribution in [2.24, 2.45) is 0 Å². The van der Waals surface area contributed by atoms with Gasteiger partial charge in [0.25, 0.3) is 0 Å². The maximum atomic E-state index is 10.2. The highest BCUT2D eigenvalue weighted by Crippen LogP contribution is 2.07. The summed E-state index contributed by atoms with van der Waals surface area (Å²) in [7, 11) is 12.5. The third kappa shape index (κ3) is 17.1. The molecule has 5 nitrogen and oxygen atoms in total. The molecule has 0 aliphatic rings. The van der Waals surface area contributed by atoms with Crippen LogP contribution < -0.4 is 4.90 Å². The molecule has 108 valence electrons. The van der Waals surface area contributed by atoms with Crippen LogP contribution in [-0.4, -0.2) is 43.4 Å². The molecule has 1 rings (SSSR count). The molecule has 0 bridgehead atoms. The molecule has 0 atom stereocenters. The van der Waals surface area contributed by atoms with Crippen LogP contribution >= 0.6 is 21.4 Å². The molecule has 0 saturated carbocycles. The van der Waals surface area contributed by atoms with Crippen molar-refractivity contribution in [3.8, 4) is 0 Å². The van der Waals surface area contributed by atoms with E-state index < -0.39 is 9.60 Å². The zero-order chi connectivity index (χ0) is 15.3. The molecule has 0 fully saturated rings. The lowest BCUT2D eigenvalue weighted by molar-refractivity contribution is -0.116. The lowest BCUT2D eigenvalue weighted by Gasteiger charge is -2.08. The van der Waals surface area contributed by atoms with Crippen molar-refractivity contribution in [3.05, 3.63) is 30.3 Å². The molecule has 0 N–H and O–H groups in total. The van der Waals surface area contributed by atoms with E-state index in [2.05, 4.69) is 21.4 Å². The average molecular weight is 327 g/mol. The molecule has 19 heavy (non-hydrogen) atoms.